The first-order valence-electron chi connectivity index (χ1n) is 9.27. The average Bonchev–Trinajstić information content (AvgIpc) is 3.20. The molecule has 2 aliphatic rings. The summed E-state index contributed by atoms with van der Waals surface area (Å²) in [5.41, 5.74) is 1.10. The van der Waals surface area contributed by atoms with Crippen molar-refractivity contribution in [1.82, 2.24) is 20.2 Å². The van der Waals surface area contributed by atoms with E-state index in [0.29, 0.717) is 13.3 Å². The van der Waals surface area contributed by atoms with Crippen LogP contribution in [0.1, 0.15) is 12.5 Å². The maximum atomic E-state index is 5.45. The third-order valence-electron chi connectivity index (χ3n) is 4.60. The second-order valence-electron chi connectivity index (χ2n) is 6.38. The molecule has 1 aromatic heterocycles. The van der Waals surface area contributed by atoms with Crippen molar-refractivity contribution in [1.29, 1.82) is 0 Å². The SMILES string of the molecule is CCNC(=NCc1ccc2c(c1)OCO2)N1CCN(c2ncccn2)CC1. The van der Waals surface area contributed by atoms with Crippen LogP contribution in [0.15, 0.2) is 41.7 Å². The number of benzene rings is 1. The summed E-state index contributed by atoms with van der Waals surface area (Å²) in [4.78, 5) is 18.0. The first-order valence-corrected chi connectivity index (χ1v) is 9.27. The molecule has 8 nitrogen and oxygen atoms in total. The van der Waals surface area contributed by atoms with E-state index in [1.807, 2.05) is 24.3 Å². The molecular formula is C19H24N6O2. The van der Waals surface area contributed by atoms with Crippen LogP contribution in [0, 0.1) is 0 Å². The Labute approximate surface area is 158 Å². The Hall–Kier alpha value is -3.03. The molecule has 0 bridgehead atoms. The summed E-state index contributed by atoms with van der Waals surface area (Å²) >= 11 is 0. The van der Waals surface area contributed by atoms with Crippen LogP contribution < -0.4 is 19.7 Å². The molecule has 0 aliphatic carbocycles. The highest BCUT2D eigenvalue weighted by molar-refractivity contribution is 5.80. The number of piperazine rings is 1. The monoisotopic (exact) mass is 368 g/mol. The van der Waals surface area contributed by atoms with Crippen LogP contribution in [0.25, 0.3) is 0 Å². The summed E-state index contributed by atoms with van der Waals surface area (Å²) < 4.78 is 10.8. The van der Waals surface area contributed by atoms with Crippen LogP contribution in [0.3, 0.4) is 0 Å². The lowest BCUT2D eigenvalue weighted by Crippen LogP contribution is -2.52. The molecule has 0 amide bonds. The Bertz CT molecular complexity index is 790. The number of hydrogen-bond donors (Lipinski definition) is 1. The van der Waals surface area contributed by atoms with Crippen molar-refractivity contribution >= 4 is 11.9 Å². The number of anilines is 1. The Morgan fingerprint density at radius 3 is 2.67 bits per heavy atom. The molecule has 142 valence electrons. The smallest absolute Gasteiger partial charge is 0.231 e. The van der Waals surface area contributed by atoms with Crippen LogP contribution in [-0.4, -0.2) is 60.3 Å². The van der Waals surface area contributed by atoms with Crippen molar-refractivity contribution in [2.75, 3.05) is 44.4 Å². The van der Waals surface area contributed by atoms with Gasteiger partial charge in [0, 0.05) is 45.1 Å². The number of nitrogens with one attached hydrogen (secondary N) is 1. The normalized spacial score (nSPS) is 16.6. The highest BCUT2D eigenvalue weighted by Gasteiger charge is 2.21. The van der Waals surface area contributed by atoms with E-state index in [2.05, 4.69) is 32.0 Å². The van der Waals surface area contributed by atoms with Crippen molar-refractivity contribution < 1.29 is 9.47 Å². The van der Waals surface area contributed by atoms with Crippen LogP contribution >= 0.6 is 0 Å². The molecule has 8 heteroatoms. The van der Waals surface area contributed by atoms with Crippen molar-refractivity contribution in [2.24, 2.45) is 4.99 Å². The molecule has 3 heterocycles. The molecule has 0 radical (unpaired) electrons. The number of hydrogen-bond acceptors (Lipinski definition) is 6. The lowest BCUT2D eigenvalue weighted by atomic mass is 10.2. The Morgan fingerprint density at radius 1 is 1.11 bits per heavy atom. The minimum atomic E-state index is 0.292. The zero-order valence-corrected chi connectivity index (χ0v) is 15.5. The lowest BCUT2D eigenvalue weighted by Gasteiger charge is -2.36. The van der Waals surface area contributed by atoms with E-state index in [1.165, 1.54) is 0 Å². The van der Waals surface area contributed by atoms with Gasteiger partial charge in [0.25, 0.3) is 0 Å². The fourth-order valence-corrected chi connectivity index (χ4v) is 3.20. The van der Waals surface area contributed by atoms with Gasteiger partial charge in [0.1, 0.15) is 0 Å². The second-order valence-corrected chi connectivity index (χ2v) is 6.38. The van der Waals surface area contributed by atoms with Crippen molar-refractivity contribution in [3.05, 3.63) is 42.2 Å². The fourth-order valence-electron chi connectivity index (χ4n) is 3.20. The predicted molar refractivity (Wildman–Crippen MR) is 103 cm³/mol. The Balaban J connectivity index is 1.40. The van der Waals surface area contributed by atoms with E-state index in [4.69, 9.17) is 14.5 Å². The number of aromatic nitrogens is 2. The number of ether oxygens (including phenoxy) is 2. The summed E-state index contributed by atoms with van der Waals surface area (Å²) in [6, 6.07) is 7.82. The summed E-state index contributed by atoms with van der Waals surface area (Å²) in [6.45, 7) is 7.32. The minimum Gasteiger partial charge on any atom is -0.454 e. The summed E-state index contributed by atoms with van der Waals surface area (Å²) in [7, 11) is 0. The number of aliphatic imine (C=N–C) groups is 1. The Kier molecular flexibility index (Phi) is 5.22. The molecule has 1 fully saturated rings. The first kappa shape index (κ1) is 17.4. The lowest BCUT2D eigenvalue weighted by molar-refractivity contribution is 0.174. The zero-order valence-electron chi connectivity index (χ0n) is 15.5. The number of rotatable bonds is 4. The zero-order chi connectivity index (χ0) is 18.5. The van der Waals surface area contributed by atoms with Gasteiger partial charge in [-0.1, -0.05) is 6.07 Å². The third kappa shape index (κ3) is 4.05. The van der Waals surface area contributed by atoms with E-state index in [1.54, 1.807) is 12.4 Å². The number of fused-ring (bicyclic) bond motifs is 1. The van der Waals surface area contributed by atoms with Gasteiger partial charge in [-0.3, -0.25) is 0 Å². The molecule has 0 spiro atoms. The van der Waals surface area contributed by atoms with Crippen molar-refractivity contribution in [3.63, 3.8) is 0 Å². The molecule has 1 aromatic carbocycles. The maximum Gasteiger partial charge on any atom is 0.231 e. The first-order chi connectivity index (χ1) is 13.3. The van der Waals surface area contributed by atoms with E-state index in [9.17, 15) is 0 Å². The standard InChI is InChI=1S/C19H24N6O2/c1-2-20-18(23-13-15-4-5-16-17(12-15)27-14-26-16)24-8-10-25(11-9-24)19-21-6-3-7-22-19/h3-7,12H,2,8-11,13-14H2,1H3,(H,20,23). The van der Waals surface area contributed by atoms with E-state index in [-0.39, 0.29) is 0 Å². The largest absolute Gasteiger partial charge is 0.454 e. The van der Waals surface area contributed by atoms with Crippen LogP contribution in [-0.2, 0) is 6.54 Å². The molecule has 0 unspecified atom stereocenters. The van der Waals surface area contributed by atoms with Crippen LogP contribution in [0.4, 0.5) is 5.95 Å². The number of guanidine groups is 1. The molecular weight excluding hydrogens is 344 g/mol. The van der Waals surface area contributed by atoms with Gasteiger partial charge in [0.2, 0.25) is 12.7 Å². The predicted octanol–water partition coefficient (Wildman–Crippen LogP) is 1.49. The minimum absolute atomic E-state index is 0.292. The van der Waals surface area contributed by atoms with Gasteiger partial charge < -0.3 is 24.6 Å². The van der Waals surface area contributed by atoms with Gasteiger partial charge >= 0.3 is 0 Å². The molecule has 2 aromatic rings. The third-order valence-corrected chi connectivity index (χ3v) is 4.60. The highest BCUT2D eigenvalue weighted by atomic mass is 16.7. The van der Waals surface area contributed by atoms with Gasteiger partial charge in [-0.2, -0.15) is 0 Å². The average molecular weight is 368 g/mol. The van der Waals surface area contributed by atoms with E-state index in [0.717, 1.165) is 61.7 Å². The van der Waals surface area contributed by atoms with Gasteiger partial charge in [0.15, 0.2) is 17.5 Å². The summed E-state index contributed by atoms with van der Waals surface area (Å²) in [5, 5.41) is 3.40. The molecule has 0 saturated carbocycles. The summed E-state index contributed by atoms with van der Waals surface area (Å²) in [6.07, 6.45) is 3.57. The van der Waals surface area contributed by atoms with Gasteiger partial charge in [-0.05, 0) is 30.7 Å². The summed E-state index contributed by atoms with van der Waals surface area (Å²) in [5.74, 6) is 3.32. The molecule has 4 rings (SSSR count). The maximum absolute atomic E-state index is 5.45. The van der Waals surface area contributed by atoms with E-state index < -0.39 is 0 Å². The fraction of sp³-hybridized carbons (Fsp3) is 0.421. The van der Waals surface area contributed by atoms with Gasteiger partial charge in [0.05, 0.1) is 6.54 Å². The quantitative estimate of drug-likeness (QED) is 0.647. The van der Waals surface area contributed by atoms with Crippen molar-refractivity contribution in [3.8, 4) is 11.5 Å². The van der Waals surface area contributed by atoms with Gasteiger partial charge in [-0.25, -0.2) is 15.0 Å². The molecule has 27 heavy (non-hydrogen) atoms. The molecule has 0 atom stereocenters. The van der Waals surface area contributed by atoms with Crippen molar-refractivity contribution in [2.45, 2.75) is 13.5 Å². The highest BCUT2D eigenvalue weighted by Crippen LogP contribution is 2.32. The van der Waals surface area contributed by atoms with Crippen LogP contribution in [0.2, 0.25) is 0 Å². The van der Waals surface area contributed by atoms with Gasteiger partial charge in [-0.15, -0.1) is 0 Å². The van der Waals surface area contributed by atoms with E-state index >= 15 is 0 Å². The van der Waals surface area contributed by atoms with Crippen LogP contribution in [0.5, 0.6) is 11.5 Å². The molecule has 2 aliphatic heterocycles. The number of nitrogens with zero attached hydrogens (tertiary/aromatic N) is 5. The topological polar surface area (TPSA) is 75.1 Å². The molecule has 1 saturated heterocycles. The Morgan fingerprint density at radius 2 is 1.89 bits per heavy atom. The molecule has 1 N–H and O–H groups in total. The second kappa shape index (κ2) is 8.11.